The molecule has 0 atom stereocenters. The number of pyridine rings is 1. The van der Waals surface area contributed by atoms with Crippen LogP contribution in [-0.4, -0.2) is 52.6 Å². The van der Waals surface area contributed by atoms with Crippen molar-refractivity contribution in [1.82, 2.24) is 24.7 Å². The third-order valence-electron chi connectivity index (χ3n) is 6.47. The number of benzene rings is 2. The fourth-order valence-electron chi connectivity index (χ4n) is 4.71. The molecule has 1 aliphatic heterocycles. The molecular weight excluding hydrogens is 480 g/mol. The Balaban J connectivity index is 1.37. The van der Waals surface area contributed by atoms with Gasteiger partial charge >= 0.3 is 0 Å². The van der Waals surface area contributed by atoms with Crippen LogP contribution in [0.25, 0.3) is 27.8 Å². The fraction of sp³-hybridized carbons (Fsp3) is 0.192. The normalized spacial score (nSPS) is 13.9. The molecule has 0 unspecified atom stereocenters. The molecule has 4 heterocycles. The molecule has 2 aromatic carbocycles. The first-order valence-corrected chi connectivity index (χ1v) is 11.8. The number of anilines is 3. The number of hydrogen-bond donors (Lipinski definition) is 3. The van der Waals surface area contributed by atoms with E-state index in [0.717, 1.165) is 44.1 Å². The van der Waals surface area contributed by atoms with E-state index in [1.165, 1.54) is 6.07 Å². The van der Waals surface area contributed by atoms with Gasteiger partial charge in [-0.15, -0.1) is 0 Å². The molecule has 0 radical (unpaired) electrons. The third kappa shape index (κ3) is 4.12. The molecule has 0 spiro atoms. The number of ether oxygens (including phenoxy) is 1. The first kappa shape index (κ1) is 22.9. The first-order chi connectivity index (χ1) is 18.0. The zero-order valence-corrected chi connectivity index (χ0v) is 19.9. The van der Waals surface area contributed by atoms with Gasteiger partial charge < -0.3 is 29.7 Å². The average Bonchev–Trinajstić information content (AvgIpc) is 3.38. The van der Waals surface area contributed by atoms with Gasteiger partial charge in [0.2, 0.25) is 5.95 Å². The lowest BCUT2D eigenvalue weighted by Gasteiger charge is -2.30. The largest absolute Gasteiger partial charge is 0.495 e. The second-order valence-corrected chi connectivity index (χ2v) is 8.71. The summed E-state index contributed by atoms with van der Waals surface area (Å²) in [5.41, 5.74) is 2.05. The van der Waals surface area contributed by atoms with Crippen LogP contribution in [0.2, 0.25) is 0 Å². The quantitative estimate of drug-likeness (QED) is 0.337. The second-order valence-electron chi connectivity index (χ2n) is 8.71. The number of aromatic amines is 1. The van der Waals surface area contributed by atoms with Gasteiger partial charge in [-0.3, -0.25) is 4.79 Å². The minimum absolute atomic E-state index is 0.0784. The molecular formula is C26H23F2N7O2. The molecule has 1 fully saturated rings. The molecule has 3 aromatic heterocycles. The Morgan fingerprint density at radius 2 is 1.92 bits per heavy atom. The molecule has 3 N–H and O–H groups in total. The number of aromatic nitrogens is 4. The summed E-state index contributed by atoms with van der Waals surface area (Å²) in [5, 5.41) is 6.33. The highest BCUT2D eigenvalue weighted by Crippen LogP contribution is 2.33. The number of piperazine rings is 1. The Morgan fingerprint density at radius 1 is 1.08 bits per heavy atom. The molecule has 37 heavy (non-hydrogen) atoms. The van der Waals surface area contributed by atoms with Crippen LogP contribution < -0.4 is 25.7 Å². The molecule has 0 bridgehead atoms. The Hall–Kier alpha value is -4.51. The highest BCUT2D eigenvalue weighted by molar-refractivity contribution is 5.87. The van der Waals surface area contributed by atoms with E-state index in [-0.39, 0.29) is 22.6 Å². The number of hydrogen-bond acceptors (Lipinski definition) is 7. The van der Waals surface area contributed by atoms with Crippen LogP contribution in [0.15, 0.2) is 59.8 Å². The standard InChI is InChI=1S/C26H23F2N7O2/c1-37-22-12-16(2-3-19(22)34-7-4-29-5-8-34)32-26-31-14-18(28)25(33-26)15-10-17(27)24-20(11-15)35-9-6-30-23(35)13-21(24)36/h2-3,6,9-14,29-30H,4-5,7-8H2,1H3,(H,31,32,33). The van der Waals surface area contributed by atoms with E-state index < -0.39 is 17.1 Å². The average molecular weight is 504 g/mol. The summed E-state index contributed by atoms with van der Waals surface area (Å²) < 4.78 is 37.1. The Bertz CT molecular complexity index is 1690. The molecule has 0 amide bonds. The highest BCUT2D eigenvalue weighted by Gasteiger charge is 2.18. The lowest BCUT2D eigenvalue weighted by Crippen LogP contribution is -2.43. The van der Waals surface area contributed by atoms with E-state index in [1.807, 2.05) is 18.2 Å². The van der Waals surface area contributed by atoms with Crippen LogP contribution in [0.5, 0.6) is 5.75 Å². The van der Waals surface area contributed by atoms with Crippen molar-refractivity contribution >= 4 is 33.9 Å². The summed E-state index contributed by atoms with van der Waals surface area (Å²) in [5.74, 6) is -0.656. The van der Waals surface area contributed by atoms with Gasteiger partial charge in [-0.25, -0.2) is 18.7 Å². The minimum Gasteiger partial charge on any atom is -0.495 e. The number of halogens is 2. The molecule has 1 saturated heterocycles. The van der Waals surface area contributed by atoms with E-state index in [9.17, 15) is 9.18 Å². The smallest absolute Gasteiger partial charge is 0.227 e. The molecule has 6 rings (SSSR count). The number of rotatable bonds is 5. The van der Waals surface area contributed by atoms with E-state index in [2.05, 4.69) is 30.5 Å². The van der Waals surface area contributed by atoms with Gasteiger partial charge in [0, 0.05) is 62.0 Å². The van der Waals surface area contributed by atoms with E-state index in [4.69, 9.17) is 4.74 Å². The predicted octanol–water partition coefficient (Wildman–Crippen LogP) is 3.68. The van der Waals surface area contributed by atoms with Crippen LogP contribution in [-0.2, 0) is 0 Å². The van der Waals surface area contributed by atoms with Crippen LogP contribution in [0.3, 0.4) is 0 Å². The molecule has 188 valence electrons. The summed E-state index contributed by atoms with van der Waals surface area (Å²) in [6.45, 7) is 3.54. The van der Waals surface area contributed by atoms with Gasteiger partial charge in [-0.1, -0.05) is 0 Å². The first-order valence-electron chi connectivity index (χ1n) is 11.8. The summed E-state index contributed by atoms with van der Waals surface area (Å²) in [6, 6.07) is 9.63. The van der Waals surface area contributed by atoms with E-state index >= 15 is 4.39 Å². The van der Waals surface area contributed by atoms with Crippen molar-refractivity contribution in [3.8, 4) is 17.0 Å². The van der Waals surface area contributed by atoms with E-state index in [0.29, 0.717) is 22.6 Å². The Morgan fingerprint density at radius 3 is 2.73 bits per heavy atom. The van der Waals surface area contributed by atoms with Crippen molar-refractivity contribution < 1.29 is 13.5 Å². The second kappa shape index (κ2) is 9.17. The maximum absolute atomic E-state index is 15.1. The zero-order chi connectivity index (χ0) is 25.5. The van der Waals surface area contributed by atoms with Gasteiger partial charge in [0.15, 0.2) is 11.2 Å². The van der Waals surface area contributed by atoms with Crippen molar-refractivity contribution in [1.29, 1.82) is 0 Å². The molecule has 0 saturated carbocycles. The SMILES string of the molecule is COc1cc(Nc2ncc(F)c(-c3cc(F)c4c(=O)cc5[nH]ccn5c4c3)n2)ccc1N1CCNCC1. The summed E-state index contributed by atoms with van der Waals surface area (Å²) in [7, 11) is 1.61. The van der Waals surface area contributed by atoms with Crippen molar-refractivity contribution in [3.05, 3.63) is 76.8 Å². The topological polar surface area (TPSA) is 99.6 Å². The van der Waals surface area contributed by atoms with Crippen molar-refractivity contribution in [3.63, 3.8) is 0 Å². The molecule has 9 nitrogen and oxygen atoms in total. The lowest BCUT2D eigenvalue weighted by atomic mass is 10.1. The van der Waals surface area contributed by atoms with Gasteiger partial charge in [-0.05, 0) is 24.3 Å². The number of methoxy groups -OCH3 is 1. The molecule has 1 aliphatic rings. The molecule has 5 aromatic rings. The van der Waals surface area contributed by atoms with Gasteiger partial charge in [-0.2, -0.15) is 0 Å². The van der Waals surface area contributed by atoms with Gasteiger partial charge in [0.05, 0.1) is 29.9 Å². The van der Waals surface area contributed by atoms with Crippen molar-refractivity contribution in [2.75, 3.05) is 43.5 Å². The monoisotopic (exact) mass is 503 g/mol. The summed E-state index contributed by atoms with van der Waals surface area (Å²) >= 11 is 0. The van der Waals surface area contributed by atoms with E-state index in [1.54, 1.807) is 30.0 Å². The van der Waals surface area contributed by atoms with Crippen molar-refractivity contribution in [2.45, 2.75) is 0 Å². The summed E-state index contributed by atoms with van der Waals surface area (Å²) in [6.07, 6.45) is 4.33. The highest BCUT2D eigenvalue weighted by atomic mass is 19.1. The minimum atomic E-state index is -0.756. The maximum atomic E-state index is 15.1. The Labute approximate surface area is 209 Å². The van der Waals surface area contributed by atoms with Crippen LogP contribution in [0.1, 0.15) is 0 Å². The van der Waals surface area contributed by atoms with Crippen LogP contribution in [0.4, 0.5) is 26.1 Å². The molecule has 0 aliphatic carbocycles. The predicted molar refractivity (Wildman–Crippen MR) is 138 cm³/mol. The number of nitrogens with one attached hydrogen (secondary N) is 3. The van der Waals surface area contributed by atoms with Crippen LogP contribution >= 0.6 is 0 Å². The fourth-order valence-corrected chi connectivity index (χ4v) is 4.71. The lowest BCUT2D eigenvalue weighted by molar-refractivity contribution is 0.413. The van der Waals surface area contributed by atoms with Crippen LogP contribution in [0, 0.1) is 11.6 Å². The molecule has 11 heteroatoms. The Kier molecular flexibility index (Phi) is 5.68. The van der Waals surface area contributed by atoms with Crippen molar-refractivity contribution in [2.24, 2.45) is 0 Å². The number of H-pyrrole nitrogens is 1. The number of nitrogens with zero attached hydrogens (tertiary/aromatic N) is 4. The van der Waals surface area contributed by atoms with Gasteiger partial charge in [0.25, 0.3) is 0 Å². The number of imidazole rings is 1. The maximum Gasteiger partial charge on any atom is 0.227 e. The third-order valence-corrected chi connectivity index (χ3v) is 6.47. The van der Waals surface area contributed by atoms with Gasteiger partial charge in [0.1, 0.15) is 22.9 Å². The zero-order valence-electron chi connectivity index (χ0n) is 19.9. The summed E-state index contributed by atoms with van der Waals surface area (Å²) in [4.78, 5) is 26.0. The number of fused-ring (bicyclic) bond motifs is 3.